The van der Waals surface area contributed by atoms with Crippen LogP contribution >= 0.6 is 34.2 Å². The zero-order valence-corrected chi connectivity index (χ0v) is 13.8. The van der Waals surface area contributed by atoms with Crippen LogP contribution in [0.25, 0.3) is 0 Å². The number of halogens is 2. The SMILES string of the molecule is CCOCCOCC(O)CNc1ccc(Cl)cc1I. The van der Waals surface area contributed by atoms with E-state index in [0.717, 1.165) is 9.26 Å². The van der Waals surface area contributed by atoms with Gasteiger partial charge in [-0.05, 0) is 47.7 Å². The van der Waals surface area contributed by atoms with Gasteiger partial charge in [-0.15, -0.1) is 0 Å². The lowest BCUT2D eigenvalue weighted by Gasteiger charge is -2.14. The van der Waals surface area contributed by atoms with Crippen molar-refractivity contribution in [2.24, 2.45) is 0 Å². The van der Waals surface area contributed by atoms with E-state index in [1.807, 2.05) is 25.1 Å². The van der Waals surface area contributed by atoms with Crippen LogP contribution in [0.4, 0.5) is 5.69 Å². The van der Waals surface area contributed by atoms with Gasteiger partial charge in [0.15, 0.2) is 0 Å². The maximum absolute atomic E-state index is 9.76. The van der Waals surface area contributed by atoms with Gasteiger partial charge in [-0.3, -0.25) is 0 Å². The summed E-state index contributed by atoms with van der Waals surface area (Å²) < 4.78 is 11.5. The van der Waals surface area contributed by atoms with Gasteiger partial charge in [-0.1, -0.05) is 11.6 Å². The zero-order valence-electron chi connectivity index (χ0n) is 10.9. The molecule has 0 saturated heterocycles. The quantitative estimate of drug-likeness (QED) is 0.495. The van der Waals surface area contributed by atoms with E-state index in [9.17, 15) is 5.11 Å². The standard InChI is InChI=1S/C13H19ClINO3/c1-2-18-5-6-19-9-11(17)8-16-13-4-3-10(14)7-12(13)15/h3-4,7,11,16-17H,2,5-6,8-9H2,1H3. The Morgan fingerprint density at radius 3 is 2.79 bits per heavy atom. The first-order chi connectivity index (χ1) is 9.13. The summed E-state index contributed by atoms with van der Waals surface area (Å²) in [5.74, 6) is 0. The molecule has 2 N–H and O–H groups in total. The molecule has 0 spiro atoms. The maximum atomic E-state index is 9.76. The highest BCUT2D eigenvalue weighted by Crippen LogP contribution is 2.22. The van der Waals surface area contributed by atoms with Crippen LogP contribution in [0.3, 0.4) is 0 Å². The molecule has 1 aromatic rings. The third-order valence-corrected chi connectivity index (χ3v) is 3.47. The van der Waals surface area contributed by atoms with E-state index in [-0.39, 0.29) is 0 Å². The summed E-state index contributed by atoms with van der Waals surface area (Å²) in [5.41, 5.74) is 0.957. The molecule has 1 rings (SSSR count). The molecule has 0 saturated carbocycles. The van der Waals surface area contributed by atoms with Gasteiger partial charge in [-0.25, -0.2) is 0 Å². The van der Waals surface area contributed by atoms with Crippen LogP contribution in [-0.2, 0) is 9.47 Å². The summed E-state index contributed by atoms with van der Waals surface area (Å²) in [6.07, 6.45) is -0.548. The van der Waals surface area contributed by atoms with Crippen molar-refractivity contribution in [1.29, 1.82) is 0 Å². The number of aliphatic hydroxyl groups excluding tert-OH is 1. The van der Waals surface area contributed by atoms with Crippen LogP contribution in [0.2, 0.25) is 5.02 Å². The Hall–Kier alpha value is -0.0800. The van der Waals surface area contributed by atoms with E-state index in [4.69, 9.17) is 21.1 Å². The van der Waals surface area contributed by atoms with Gasteiger partial charge < -0.3 is 19.9 Å². The van der Waals surface area contributed by atoms with Gasteiger partial charge in [0.1, 0.15) is 0 Å². The summed E-state index contributed by atoms with van der Waals surface area (Å²) in [4.78, 5) is 0. The van der Waals surface area contributed by atoms with Gasteiger partial charge in [0.2, 0.25) is 0 Å². The molecule has 1 atom stereocenters. The molecule has 1 unspecified atom stereocenters. The predicted octanol–water partition coefficient (Wildman–Crippen LogP) is 2.77. The topological polar surface area (TPSA) is 50.7 Å². The van der Waals surface area contributed by atoms with E-state index >= 15 is 0 Å². The summed E-state index contributed by atoms with van der Waals surface area (Å²) in [7, 11) is 0. The number of ether oxygens (including phenoxy) is 2. The monoisotopic (exact) mass is 399 g/mol. The zero-order chi connectivity index (χ0) is 14.1. The summed E-state index contributed by atoms with van der Waals surface area (Å²) in [6, 6.07) is 5.58. The Morgan fingerprint density at radius 1 is 1.37 bits per heavy atom. The van der Waals surface area contributed by atoms with Crippen LogP contribution < -0.4 is 5.32 Å². The van der Waals surface area contributed by atoms with Crippen molar-refractivity contribution in [1.82, 2.24) is 0 Å². The maximum Gasteiger partial charge on any atom is 0.0945 e. The molecule has 1 aromatic carbocycles. The molecule has 4 nitrogen and oxygen atoms in total. The Morgan fingerprint density at radius 2 is 2.11 bits per heavy atom. The Balaban J connectivity index is 2.20. The van der Waals surface area contributed by atoms with E-state index < -0.39 is 6.10 Å². The fourth-order valence-electron chi connectivity index (χ4n) is 1.40. The van der Waals surface area contributed by atoms with Crippen molar-refractivity contribution >= 4 is 39.9 Å². The largest absolute Gasteiger partial charge is 0.389 e. The number of hydrogen-bond acceptors (Lipinski definition) is 4. The van der Waals surface area contributed by atoms with E-state index in [0.29, 0.717) is 38.0 Å². The highest BCUT2D eigenvalue weighted by molar-refractivity contribution is 14.1. The van der Waals surface area contributed by atoms with Gasteiger partial charge in [0, 0.05) is 27.4 Å². The first-order valence-electron chi connectivity index (χ1n) is 6.16. The lowest BCUT2D eigenvalue weighted by Crippen LogP contribution is -2.25. The Bertz CT molecular complexity index is 379. The minimum atomic E-state index is -0.548. The Kier molecular flexibility index (Phi) is 8.72. The third kappa shape index (κ3) is 7.31. The van der Waals surface area contributed by atoms with Gasteiger partial charge in [0.25, 0.3) is 0 Å². The Labute approximate surface area is 132 Å². The van der Waals surface area contributed by atoms with Crippen LogP contribution in [0.1, 0.15) is 6.92 Å². The van der Waals surface area contributed by atoms with Crippen molar-refractivity contribution in [3.63, 3.8) is 0 Å². The number of aliphatic hydroxyl groups is 1. The molecule has 19 heavy (non-hydrogen) atoms. The number of anilines is 1. The average Bonchev–Trinajstić information content (AvgIpc) is 2.37. The molecule has 0 fully saturated rings. The minimum Gasteiger partial charge on any atom is -0.389 e. The van der Waals surface area contributed by atoms with Crippen LogP contribution in [0.5, 0.6) is 0 Å². The predicted molar refractivity (Wildman–Crippen MR) is 86.0 cm³/mol. The molecule has 0 bridgehead atoms. The van der Waals surface area contributed by atoms with E-state index in [1.165, 1.54) is 0 Å². The normalized spacial score (nSPS) is 12.4. The lowest BCUT2D eigenvalue weighted by atomic mass is 10.3. The second kappa shape index (κ2) is 9.77. The summed E-state index contributed by atoms with van der Waals surface area (Å²) in [5, 5.41) is 13.6. The number of benzene rings is 1. The van der Waals surface area contributed by atoms with E-state index in [2.05, 4.69) is 27.9 Å². The molecule has 6 heteroatoms. The summed E-state index contributed by atoms with van der Waals surface area (Å²) >= 11 is 8.08. The number of rotatable bonds is 9. The number of nitrogens with one attached hydrogen (secondary N) is 1. The molecule has 0 aromatic heterocycles. The molecule has 108 valence electrons. The van der Waals surface area contributed by atoms with Crippen molar-refractivity contribution in [2.75, 3.05) is 38.3 Å². The van der Waals surface area contributed by atoms with Crippen molar-refractivity contribution in [3.8, 4) is 0 Å². The molecular weight excluding hydrogens is 381 g/mol. The molecule has 0 aliphatic rings. The van der Waals surface area contributed by atoms with Crippen LogP contribution in [0.15, 0.2) is 18.2 Å². The first-order valence-corrected chi connectivity index (χ1v) is 7.61. The van der Waals surface area contributed by atoms with Gasteiger partial charge in [-0.2, -0.15) is 0 Å². The van der Waals surface area contributed by atoms with Crippen LogP contribution in [0, 0.1) is 3.57 Å². The first kappa shape index (κ1) is 17.0. The van der Waals surface area contributed by atoms with Gasteiger partial charge >= 0.3 is 0 Å². The van der Waals surface area contributed by atoms with Crippen molar-refractivity contribution < 1.29 is 14.6 Å². The fraction of sp³-hybridized carbons (Fsp3) is 0.538. The highest BCUT2D eigenvalue weighted by atomic mass is 127. The van der Waals surface area contributed by atoms with E-state index in [1.54, 1.807) is 0 Å². The molecular formula is C13H19ClINO3. The van der Waals surface area contributed by atoms with Crippen LogP contribution in [-0.4, -0.2) is 44.2 Å². The van der Waals surface area contributed by atoms with Crippen molar-refractivity contribution in [2.45, 2.75) is 13.0 Å². The minimum absolute atomic E-state index is 0.296. The second-order valence-corrected chi connectivity index (χ2v) is 5.53. The lowest BCUT2D eigenvalue weighted by molar-refractivity contribution is 0.0103. The molecule has 0 heterocycles. The van der Waals surface area contributed by atoms with Crippen molar-refractivity contribution in [3.05, 3.63) is 26.8 Å². The summed E-state index contributed by atoms with van der Waals surface area (Å²) in [6.45, 7) is 4.42. The second-order valence-electron chi connectivity index (χ2n) is 3.93. The average molecular weight is 400 g/mol. The smallest absolute Gasteiger partial charge is 0.0945 e. The molecule has 0 aliphatic carbocycles. The highest BCUT2D eigenvalue weighted by Gasteiger charge is 2.06. The molecule has 0 amide bonds. The third-order valence-electron chi connectivity index (χ3n) is 2.35. The van der Waals surface area contributed by atoms with Gasteiger partial charge in [0.05, 0.1) is 25.9 Å². The molecule has 0 radical (unpaired) electrons. The molecule has 0 aliphatic heterocycles. The fourth-order valence-corrected chi connectivity index (χ4v) is 2.46. The number of hydrogen-bond donors (Lipinski definition) is 2.